The standard InChI is InChI=1S/C10H11N3O6S/c14-1-3-4(15)5(16)9(19-3)13-7-6(20-10(13)18)8(17)12-2-11-7/h2-5,9,14-16H,1H2,(H,11,12,17)/t3-,4-,5-,9-/m0/s1. The molecule has 9 nitrogen and oxygen atoms in total. The van der Waals surface area contributed by atoms with Gasteiger partial charge in [0.2, 0.25) is 0 Å². The number of nitrogens with one attached hydrogen (secondary N) is 1. The van der Waals surface area contributed by atoms with Gasteiger partial charge < -0.3 is 25.0 Å². The summed E-state index contributed by atoms with van der Waals surface area (Å²) < 4.78 is 6.40. The van der Waals surface area contributed by atoms with Gasteiger partial charge in [0.1, 0.15) is 23.0 Å². The molecule has 1 saturated heterocycles. The van der Waals surface area contributed by atoms with Crippen LogP contribution in [0.15, 0.2) is 15.9 Å². The average molecular weight is 301 g/mol. The molecule has 20 heavy (non-hydrogen) atoms. The van der Waals surface area contributed by atoms with Gasteiger partial charge in [-0.1, -0.05) is 11.3 Å². The third kappa shape index (κ3) is 1.81. The van der Waals surface area contributed by atoms with E-state index in [1.54, 1.807) is 0 Å². The number of H-pyrrole nitrogens is 1. The molecule has 0 aromatic carbocycles. The molecule has 4 N–H and O–H groups in total. The Morgan fingerprint density at radius 2 is 2.15 bits per heavy atom. The second kappa shape index (κ2) is 4.75. The number of aromatic amines is 1. The molecule has 0 unspecified atom stereocenters. The Hall–Kier alpha value is -1.59. The lowest BCUT2D eigenvalue weighted by molar-refractivity contribution is -0.0518. The topological polar surface area (TPSA) is 138 Å². The minimum atomic E-state index is -1.40. The molecular weight excluding hydrogens is 290 g/mol. The number of nitrogens with zero attached hydrogens (tertiary/aromatic N) is 2. The van der Waals surface area contributed by atoms with Crippen LogP contribution in [0, 0.1) is 0 Å². The maximum Gasteiger partial charge on any atom is 0.311 e. The highest BCUT2D eigenvalue weighted by atomic mass is 32.1. The Morgan fingerprint density at radius 3 is 2.80 bits per heavy atom. The van der Waals surface area contributed by atoms with Gasteiger partial charge in [-0.2, -0.15) is 0 Å². The predicted octanol–water partition coefficient (Wildman–Crippen LogP) is -2.24. The highest BCUT2D eigenvalue weighted by Gasteiger charge is 2.44. The number of aromatic nitrogens is 3. The smallest absolute Gasteiger partial charge is 0.311 e. The van der Waals surface area contributed by atoms with E-state index in [0.717, 1.165) is 10.9 Å². The first kappa shape index (κ1) is 13.4. The molecule has 0 bridgehead atoms. The van der Waals surface area contributed by atoms with Crippen molar-refractivity contribution in [2.24, 2.45) is 0 Å². The minimum absolute atomic E-state index is 0.0681. The third-order valence-electron chi connectivity index (χ3n) is 3.18. The molecule has 3 rings (SSSR count). The van der Waals surface area contributed by atoms with Gasteiger partial charge >= 0.3 is 4.87 Å². The Kier molecular flexibility index (Phi) is 3.18. The molecule has 0 radical (unpaired) electrons. The summed E-state index contributed by atoms with van der Waals surface area (Å²) in [6.07, 6.45) is -3.79. The number of ether oxygens (including phenoxy) is 1. The van der Waals surface area contributed by atoms with E-state index in [1.165, 1.54) is 0 Å². The van der Waals surface area contributed by atoms with Crippen LogP contribution in [0.2, 0.25) is 0 Å². The van der Waals surface area contributed by atoms with Crippen molar-refractivity contribution in [1.29, 1.82) is 0 Å². The van der Waals surface area contributed by atoms with Crippen LogP contribution in [0.5, 0.6) is 0 Å². The van der Waals surface area contributed by atoms with E-state index in [2.05, 4.69) is 9.97 Å². The van der Waals surface area contributed by atoms with Crippen molar-refractivity contribution in [3.8, 4) is 0 Å². The first-order valence-corrected chi connectivity index (χ1v) is 6.57. The zero-order chi connectivity index (χ0) is 14.4. The molecule has 108 valence electrons. The van der Waals surface area contributed by atoms with Crippen LogP contribution < -0.4 is 10.4 Å². The number of fused-ring (bicyclic) bond motifs is 1. The Labute approximate surface area is 114 Å². The Balaban J connectivity index is 2.16. The van der Waals surface area contributed by atoms with Crippen LogP contribution in [0.25, 0.3) is 10.3 Å². The van der Waals surface area contributed by atoms with Gasteiger partial charge in [-0.25, -0.2) is 4.98 Å². The Morgan fingerprint density at radius 1 is 1.40 bits per heavy atom. The number of aliphatic hydroxyl groups is 3. The van der Waals surface area contributed by atoms with Crippen molar-refractivity contribution in [3.05, 3.63) is 26.3 Å². The van der Waals surface area contributed by atoms with E-state index < -0.39 is 41.6 Å². The van der Waals surface area contributed by atoms with E-state index in [-0.39, 0.29) is 10.3 Å². The lowest BCUT2D eigenvalue weighted by Gasteiger charge is -2.15. The van der Waals surface area contributed by atoms with Gasteiger partial charge in [-0.15, -0.1) is 0 Å². The van der Waals surface area contributed by atoms with Crippen LogP contribution in [0.3, 0.4) is 0 Å². The summed E-state index contributed by atoms with van der Waals surface area (Å²) in [5.74, 6) is 0. The van der Waals surface area contributed by atoms with E-state index in [1.807, 2.05) is 0 Å². The van der Waals surface area contributed by atoms with Crippen LogP contribution in [-0.4, -0.2) is 54.8 Å². The summed E-state index contributed by atoms with van der Waals surface area (Å²) >= 11 is 0.670. The molecule has 1 aliphatic heterocycles. The van der Waals surface area contributed by atoms with Crippen molar-refractivity contribution in [2.75, 3.05) is 6.61 Å². The van der Waals surface area contributed by atoms with Crippen LogP contribution in [-0.2, 0) is 4.74 Å². The fourth-order valence-corrected chi connectivity index (χ4v) is 3.04. The van der Waals surface area contributed by atoms with E-state index in [4.69, 9.17) is 9.84 Å². The van der Waals surface area contributed by atoms with E-state index >= 15 is 0 Å². The number of hydrogen-bond donors (Lipinski definition) is 4. The number of hydrogen-bond acceptors (Lipinski definition) is 8. The van der Waals surface area contributed by atoms with Crippen LogP contribution in [0.1, 0.15) is 6.23 Å². The van der Waals surface area contributed by atoms with Gasteiger partial charge in [0, 0.05) is 0 Å². The highest BCUT2D eigenvalue weighted by Crippen LogP contribution is 2.30. The molecule has 1 aliphatic rings. The molecule has 0 amide bonds. The quantitative estimate of drug-likeness (QED) is 0.492. The predicted molar refractivity (Wildman–Crippen MR) is 67.5 cm³/mol. The fraction of sp³-hybridized carbons (Fsp3) is 0.500. The number of thiazole rings is 1. The normalized spacial score (nSPS) is 30.1. The third-order valence-corrected chi connectivity index (χ3v) is 4.12. The van der Waals surface area contributed by atoms with Gasteiger partial charge in [-0.05, 0) is 0 Å². The molecule has 2 aromatic heterocycles. The van der Waals surface area contributed by atoms with Crippen molar-refractivity contribution >= 4 is 21.7 Å². The zero-order valence-corrected chi connectivity index (χ0v) is 10.8. The molecule has 0 saturated carbocycles. The first-order chi connectivity index (χ1) is 9.54. The van der Waals surface area contributed by atoms with Crippen molar-refractivity contribution in [2.45, 2.75) is 24.5 Å². The van der Waals surface area contributed by atoms with Crippen molar-refractivity contribution in [1.82, 2.24) is 14.5 Å². The lowest BCUT2D eigenvalue weighted by atomic mass is 10.1. The summed E-state index contributed by atoms with van der Waals surface area (Å²) in [7, 11) is 0. The summed E-state index contributed by atoms with van der Waals surface area (Å²) in [6.45, 7) is -0.500. The zero-order valence-electron chi connectivity index (χ0n) is 9.96. The molecular formula is C10H11N3O6S. The summed E-state index contributed by atoms with van der Waals surface area (Å²) in [6, 6.07) is 0. The summed E-state index contributed by atoms with van der Waals surface area (Å²) in [4.78, 5) is 29.3. The summed E-state index contributed by atoms with van der Waals surface area (Å²) in [5, 5.41) is 28.7. The average Bonchev–Trinajstić information content (AvgIpc) is 2.90. The maximum atomic E-state index is 12.0. The van der Waals surface area contributed by atoms with Crippen molar-refractivity contribution in [3.63, 3.8) is 0 Å². The Bertz CT molecular complexity index is 751. The second-order valence-electron chi connectivity index (χ2n) is 4.35. The molecule has 3 heterocycles. The fourth-order valence-electron chi connectivity index (χ4n) is 2.18. The van der Waals surface area contributed by atoms with Crippen LogP contribution >= 0.6 is 11.3 Å². The van der Waals surface area contributed by atoms with Gasteiger partial charge in [0.15, 0.2) is 11.9 Å². The molecule has 10 heteroatoms. The molecule has 1 fully saturated rings. The van der Waals surface area contributed by atoms with Gasteiger partial charge in [0.05, 0.1) is 12.9 Å². The monoisotopic (exact) mass is 301 g/mol. The van der Waals surface area contributed by atoms with E-state index in [0.29, 0.717) is 11.3 Å². The SMILES string of the molecule is O=c1[nH]cnc2c1sc(=O)n2[C@H]1O[C@@H](CO)[C@H](O)[C@@H]1O. The molecule has 4 atom stereocenters. The molecule has 0 aliphatic carbocycles. The second-order valence-corrected chi connectivity index (χ2v) is 5.31. The van der Waals surface area contributed by atoms with Crippen molar-refractivity contribution < 1.29 is 20.1 Å². The summed E-state index contributed by atoms with van der Waals surface area (Å²) in [5.41, 5.74) is -0.402. The molecule has 0 spiro atoms. The number of rotatable bonds is 2. The van der Waals surface area contributed by atoms with Crippen LogP contribution in [0.4, 0.5) is 0 Å². The van der Waals surface area contributed by atoms with Gasteiger partial charge in [0.25, 0.3) is 5.56 Å². The molecule has 2 aromatic rings. The van der Waals surface area contributed by atoms with Gasteiger partial charge in [-0.3, -0.25) is 14.2 Å². The largest absolute Gasteiger partial charge is 0.394 e. The lowest BCUT2D eigenvalue weighted by Crippen LogP contribution is -2.34. The minimum Gasteiger partial charge on any atom is -0.394 e. The van der Waals surface area contributed by atoms with E-state index in [9.17, 15) is 19.8 Å². The highest BCUT2D eigenvalue weighted by molar-refractivity contribution is 7.16. The first-order valence-electron chi connectivity index (χ1n) is 5.75. The number of aliphatic hydroxyl groups excluding tert-OH is 3. The maximum absolute atomic E-state index is 12.0.